The molecule has 2 heterocycles. The number of hydrogen-bond acceptors (Lipinski definition) is 5. The lowest BCUT2D eigenvalue weighted by molar-refractivity contribution is 0.297. The number of benzene rings is 1. The van der Waals surface area contributed by atoms with Crippen LogP contribution in [0.4, 0.5) is 0 Å². The molecule has 3 aromatic rings. The summed E-state index contributed by atoms with van der Waals surface area (Å²) in [5.41, 5.74) is 1.05. The lowest BCUT2D eigenvalue weighted by Gasteiger charge is -2.09. The predicted molar refractivity (Wildman–Crippen MR) is 87.2 cm³/mol. The van der Waals surface area contributed by atoms with E-state index < -0.39 is 0 Å². The van der Waals surface area contributed by atoms with Gasteiger partial charge in [-0.15, -0.1) is 0 Å². The molecule has 0 saturated heterocycles. The van der Waals surface area contributed by atoms with E-state index in [-0.39, 0.29) is 23.2 Å². The van der Waals surface area contributed by atoms with Gasteiger partial charge in [0.15, 0.2) is 0 Å². The van der Waals surface area contributed by atoms with Crippen molar-refractivity contribution >= 4 is 22.5 Å². The van der Waals surface area contributed by atoms with Crippen LogP contribution in [0.15, 0.2) is 35.1 Å². The van der Waals surface area contributed by atoms with E-state index in [4.69, 9.17) is 21.1 Å². The summed E-state index contributed by atoms with van der Waals surface area (Å²) >= 11 is 5.97. The molecule has 0 radical (unpaired) electrons. The second kappa shape index (κ2) is 6.26. The molecule has 2 aromatic heterocycles. The first kappa shape index (κ1) is 15.3. The van der Waals surface area contributed by atoms with Crippen molar-refractivity contribution in [3.05, 3.63) is 57.2 Å². The number of aryl methyl sites for hydroxylation is 1. The van der Waals surface area contributed by atoms with Gasteiger partial charge in [0, 0.05) is 0 Å². The third-order valence-electron chi connectivity index (χ3n) is 3.28. The molecular formula is C16H14ClN3O3. The van der Waals surface area contributed by atoms with Gasteiger partial charge in [-0.05, 0) is 30.7 Å². The lowest BCUT2D eigenvalue weighted by Crippen LogP contribution is -2.11. The maximum atomic E-state index is 12.0. The number of aromatic amines is 1. The molecule has 0 fully saturated rings. The summed E-state index contributed by atoms with van der Waals surface area (Å²) in [6.07, 6.45) is 0. The Morgan fingerprint density at radius 1 is 1.22 bits per heavy atom. The van der Waals surface area contributed by atoms with Crippen molar-refractivity contribution in [2.75, 3.05) is 7.11 Å². The van der Waals surface area contributed by atoms with Crippen LogP contribution in [-0.2, 0) is 6.61 Å². The van der Waals surface area contributed by atoms with E-state index in [1.165, 1.54) is 6.07 Å². The molecule has 0 spiro atoms. The Labute approximate surface area is 137 Å². The van der Waals surface area contributed by atoms with E-state index in [9.17, 15) is 4.79 Å². The molecule has 0 saturated carbocycles. The number of pyridine rings is 1. The topological polar surface area (TPSA) is 77.1 Å². The first-order valence-electron chi connectivity index (χ1n) is 6.89. The Kier molecular flexibility index (Phi) is 4.16. The smallest absolute Gasteiger partial charge is 0.259 e. The number of methoxy groups -OCH3 is 1. The Hall–Kier alpha value is -2.60. The monoisotopic (exact) mass is 331 g/mol. The van der Waals surface area contributed by atoms with E-state index in [0.717, 1.165) is 11.3 Å². The average molecular weight is 332 g/mol. The molecule has 118 valence electrons. The van der Waals surface area contributed by atoms with Crippen LogP contribution in [0, 0.1) is 6.92 Å². The van der Waals surface area contributed by atoms with Crippen LogP contribution >= 0.6 is 11.6 Å². The Balaban J connectivity index is 1.94. The molecule has 7 heteroatoms. The minimum absolute atomic E-state index is 0.179. The fourth-order valence-corrected chi connectivity index (χ4v) is 2.35. The number of hydrogen-bond donors (Lipinski definition) is 1. The van der Waals surface area contributed by atoms with Gasteiger partial charge >= 0.3 is 0 Å². The van der Waals surface area contributed by atoms with E-state index in [1.807, 2.05) is 24.3 Å². The first-order chi connectivity index (χ1) is 11.1. The fraction of sp³-hybridized carbons (Fsp3) is 0.188. The molecule has 0 aliphatic heterocycles. The van der Waals surface area contributed by atoms with E-state index in [1.54, 1.807) is 14.0 Å². The molecule has 6 nitrogen and oxygen atoms in total. The second-order valence-electron chi connectivity index (χ2n) is 4.93. The van der Waals surface area contributed by atoms with Gasteiger partial charge in [0.05, 0.1) is 12.5 Å². The minimum atomic E-state index is -0.272. The Bertz CT molecular complexity index is 907. The summed E-state index contributed by atoms with van der Waals surface area (Å²) in [7, 11) is 1.61. The van der Waals surface area contributed by atoms with Crippen LogP contribution in [0.25, 0.3) is 10.9 Å². The molecule has 1 aromatic carbocycles. The quantitative estimate of drug-likeness (QED) is 0.744. The maximum absolute atomic E-state index is 12.0. The molecule has 0 unspecified atom stereocenters. The van der Waals surface area contributed by atoms with Crippen molar-refractivity contribution in [2.45, 2.75) is 13.5 Å². The summed E-state index contributed by atoms with van der Waals surface area (Å²) in [5.74, 6) is 1.49. The van der Waals surface area contributed by atoms with Crippen molar-refractivity contribution in [2.24, 2.45) is 0 Å². The summed E-state index contributed by atoms with van der Waals surface area (Å²) in [6.45, 7) is 1.97. The molecule has 0 bridgehead atoms. The molecule has 0 atom stereocenters. The van der Waals surface area contributed by atoms with Crippen LogP contribution < -0.4 is 15.0 Å². The standard InChI is InChI=1S/C16H14ClN3O3/c1-9-18-14-12(15(21)19-9)7-13(17)20-16(14)23-8-10-3-5-11(22-2)6-4-10/h3-7H,8H2,1-2H3,(H,18,19,21). The number of ether oxygens (including phenoxy) is 2. The van der Waals surface area contributed by atoms with Gasteiger partial charge in [-0.1, -0.05) is 23.7 Å². The average Bonchev–Trinajstić information content (AvgIpc) is 2.54. The fourth-order valence-electron chi connectivity index (χ4n) is 2.17. The number of nitrogens with zero attached hydrogens (tertiary/aromatic N) is 2. The van der Waals surface area contributed by atoms with E-state index in [2.05, 4.69) is 15.0 Å². The highest BCUT2D eigenvalue weighted by Crippen LogP contribution is 2.24. The molecule has 0 aliphatic rings. The molecule has 1 N–H and O–H groups in total. The van der Waals surface area contributed by atoms with Crippen molar-refractivity contribution in [3.8, 4) is 11.6 Å². The number of aromatic nitrogens is 3. The number of nitrogens with one attached hydrogen (secondary N) is 1. The molecule has 0 aliphatic carbocycles. The lowest BCUT2D eigenvalue weighted by atomic mass is 10.2. The molecule has 3 rings (SSSR count). The van der Waals surface area contributed by atoms with Gasteiger partial charge in [0.1, 0.15) is 28.9 Å². The summed E-state index contributed by atoms with van der Waals surface area (Å²) < 4.78 is 10.8. The normalized spacial score (nSPS) is 10.7. The van der Waals surface area contributed by atoms with Gasteiger partial charge in [-0.3, -0.25) is 4.79 Å². The van der Waals surface area contributed by atoms with Gasteiger partial charge in [0.2, 0.25) is 5.88 Å². The summed E-state index contributed by atoms with van der Waals surface area (Å²) in [6, 6.07) is 8.93. The zero-order valence-corrected chi connectivity index (χ0v) is 13.3. The van der Waals surface area contributed by atoms with Crippen LogP contribution in [0.1, 0.15) is 11.4 Å². The number of H-pyrrole nitrogens is 1. The first-order valence-corrected chi connectivity index (χ1v) is 7.27. The second-order valence-corrected chi connectivity index (χ2v) is 5.32. The van der Waals surface area contributed by atoms with Crippen molar-refractivity contribution in [3.63, 3.8) is 0 Å². The van der Waals surface area contributed by atoms with E-state index in [0.29, 0.717) is 16.7 Å². The molecular weight excluding hydrogens is 318 g/mol. The van der Waals surface area contributed by atoms with E-state index >= 15 is 0 Å². The van der Waals surface area contributed by atoms with Gasteiger partial charge in [-0.25, -0.2) is 4.98 Å². The van der Waals surface area contributed by atoms with Crippen LogP contribution in [0.2, 0.25) is 5.15 Å². The summed E-state index contributed by atoms with van der Waals surface area (Å²) in [5, 5.41) is 0.527. The maximum Gasteiger partial charge on any atom is 0.259 e. The number of fused-ring (bicyclic) bond motifs is 1. The molecule has 23 heavy (non-hydrogen) atoms. The zero-order chi connectivity index (χ0) is 16.4. The van der Waals surface area contributed by atoms with Crippen LogP contribution in [0.5, 0.6) is 11.6 Å². The Morgan fingerprint density at radius 3 is 2.65 bits per heavy atom. The third kappa shape index (κ3) is 3.27. The highest BCUT2D eigenvalue weighted by Gasteiger charge is 2.12. The largest absolute Gasteiger partial charge is 0.497 e. The van der Waals surface area contributed by atoms with Gasteiger partial charge in [0.25, 0.3) is 5.56 Å². The Morgan fingerprint density at radius 2 is 1.96 bits per heavy atom. The van der Waals surface area contributed by atoms with Crippen LogP contribution in [-0.4, -0.2) is 22.1 Å². The minimum Gasteiger partial charge on any atom is -0.497 e. The SMILES string of the molecule is COc1ccc(COc2nc(Cl)cc3c(=O)[nH]c(C)nc23)cc1. The predicted octanol–water partition coefficient (Wildman–Crippen LogP) is 2.87. The van der Waals surface area contributed by atoms with Crippen LogP contribution in [0.3, 0.4) is 0 Å². The van der Waals surface area contributed by atoms with Gasteiger partial charge < -0.3 is 14.5 Å². The van der Waals surface area contributed by atoms with Crippen molar-refractivity contribution in [1.29, 1.82) is 0 Å². The van der Waals surface area contributed by atoms with Crippen molar-refractivity contribution in [1.82, 2.24) is 15.0 Å². The highest BCUT2D eigenvalue weighted by molar-refractivity contribution is 6.30. The van der Waals surface area contributed by atoms with Gasteiger partial charge in [-0.2, -0.15) is 4.98 Å². The molecule has 0 amide bonds. The third-order valence-corrected chi connectivity index (χ3v) is 3.48. The van der Waals surface area contributed by atoms with Crippen molar-refractivity contribution < 1.29 is 9.47 Å². The number of halogens is 1. The zero-order valence-electron chi connectivity index (χ0n) is 12.6. The highest BCUT2D eigenvalue weighted by atomic mass is 35.5. The summed E-state index contributed by atoms with van der Waals surface area (Å²) in [4.78, 5) is 23.1. The number of rotatable bonds is 4.